The van der Waals surface area contributed by atoms with Crippen LogP contribution in [0.25, 0.3) is 11.0 Å². The Morgan fingerprint density at radius 3 is 2.58 bits per heavy atom. The molecular weight excluding hydrogens is 349 g/mol. The molecule has 0 saturated carbocycles. The number of H-pyrrole nitrogens is 1. The molecule has 6 heteroatoms. The zero-order valence-corrected chi connectivity index (χ0v) is 12.8. The Hall–Kier alpha value is -1.23. The summed E-state index contributed by atoms with van der Waals surface area (Å²) < 4.78 is 1.05. The van der Waals surface area contributed by atoms with Gasteiger partial charge in [-0.2, -0.15) is 0 Å². The van der Waals surface area contributed by atoms with Gasteiger partial charge in [0.05, 0.1) is 11.0 Å². The molecule has 0 spiro atoms. The predicted molar refractivity (Wildman–Crippen MR) is 85.8 cm³/mol. The van der Waals surface area contributed by atoms with Crippen LogP contribution in [-0.2, 0) is 0 Å². The Labute approximate surface area is 129 Å². The Kier molecular flexibility index (Phi) is 4.34. The highest BCUT2D eigenvalue weighted by molar-refractivity contribution is 9.10. The lowest BCUT2D eigenvalue weighted by Crippen LogP contribution is -1.91. The van der Waals surface area contributed by atoms with Crippen LogP contribution >= 0.6 is 39.9 Å². The summed E-state index contributed by atoms with van der Waals surface area (Å²) >= 11 is 9.33. The molecule has 0 saturated heterocycles. The van der Waals surface area contributed by atoms with E-state index in [-0.39, 0.29) is 12.4 Å². The minimum atomic E-state index is 0. The van der Waals surface area contributed by atoms with Gasteiger partial charge in [0, 0.05) is 15.2 Å². The van der Waals surface area contributed by atoms with Gasteiger partial charge >= 0.3 is 0 Å². The smallest absolute Gasteiger partial charge is 0.205 e. The van der Waals surface area contributed by atoms with E-state index in [1.165, 1.54) is 0 Å². The number of benzene rings is 2. The molecule has 1 aromatic heterocycles. The molecule has 0 aliphatic heterocycles. The van der Waals surface area contributed by atoms with E-state index in [0.717, 1.165) is 21.2 Å². The maximum Gasteiger partial charge on any atom is 0.205 e. The number of nitrogens with zero attached hydrogens (tertiary/aromatic N) is 1. The minimum absolute atomic E-state index is 0. The SMILES string of the molecule is Cl.Clc1ccc2nc(Nc3ccc(Br)cc3)[nH]c2c1. The molecule has 0 radical (unpaired) electrons. The van der Waals surface area contributed by atoms with Gasteiger partial charge in [0.25, 0.3) is 0 Å². The first kappa shape index (κ1) is 14.2. The Balaban J connectivity index is 0.00000133. The van der Waals surface area contributed by atoms with Crippen molar-refractivity contribution in [3.63, 3.8) is 0 Å². The number of halogens is 3. The number of imidazole rings is 1. The zero-order chi connectivity index (χ0) is 12.5. The molecule has 0 bridgehead atoms. The quantitative estimate of drug-likeness (QED) is 0.665. The van der Waals surface area contributed by atoms with Crippen molar-refractivity contribution in [2.45, 2.75) is 0 Å². The molecular formula is C13H10BrCl2N3. The van der Waals surface area contributed by atoms with Crippen LogP contribution in [0.5, 0.6) is 0 Å². The van der Waals surface area contributed by atoms with Crippen molar-refractivity contribution in [2.75, 3.05) is 5.32 Å². The monoisotopic (exact) mass is 357 g/mol. The fraction of sp³-hybridized carbons (Fsp3) is 0. The van der Waals surface area contributed by atoms with Crippen LogP contribution in [0.3, 0.4) is 0 Å². The van der Waals surface area contributed by atoms with Crippen LogP contribution in [0.1, 0.15) is 0 Å². The molecule has 1 heterocycles. The van der Waals surface area contributed by atoms with Crippen LogP contribution in [0.4, 0.5) is 11.6 Å². The highest BCUT2D eigenvalue weighted by Gasteiger charge is 2.03. The number of hydrogen-bond acceptors (Lipinski definition) is 2. The summed E-state index contributed by atoms with van der Waals surface area (Å²) in [5.74, 6) is 0.703. The molecule has 3 aromatic rings. The van der Waals surface area contributed by atoms with Gasteiger partial charge in [-0.1, -0.05) is 27.5 Å². The third kappa shape index (κ3) is 3.21. The second kappa shape index (κ2) is 5.82. The van der Waals surface area contributed by atoms with Gasteiger partial charge in [-0.15, -0.1) is 12.4 Å². The number of nitrogens with one attached hydrogen (secondary N) is 2. The lowest BCUT2D eigenvalue weighted by atomic mass is 10.3. The topological polar surface area (TPSA) is 40.7 Å². The Bertz CT molecular complexity index is 695. The first-order chi connectivity index (χ1) is 8.70. The molecule has 2 N–H and O–H groups in total. The third-order valence-corrected chi connectivity index (χ3v) is 3.31. The standard InChI is InChI=1S/C13H9BrClN3.ClH/c14-8-1-4-10(5-2-8)16-13-17-11-6-3-9(15)7-12(11)18-13;/h1-7H,(H2,16,17,18);1H. The van der Waals surface area contributed by atoms with Crippen LogP contribution in [-0.4, -0.2) is 9.97 Å². The predicted octanol–water partition coefficient (Wildman–Crippen LogP) is 5.14. The zero-order valence-electron chi connectivity index (χ0n) is 9.65. The van der Waals surface area contributed by atoms with Gasteiger partial charge in [0.2, 0.25) is 5.95 Å². The first-order valence-corrected chi connectivity index (χ1v) is 6.56. The molecule has 0 unspecified atom stereocenters. The summed E-state index contributed by atoms with van der Waals surface area (Å²) in [4.78, 5) is 7.62. The summed E-state index contributed by atoms with van der Waals surface area (Å²) in [7, 11) is 0. The maximum absolute atomic E-state index is 5.93. The number of anilines is 2. The highest BCUT2D eigenvalue weighted by Crippen LogP contribution is 2.22. The number of rotatable bonds is 2. The van der Waals surface area contributed by atoms with Gasteiger partial charge < -0.3 is 10.3 Å². The van der Waals surface area contributed by atoms with Crippen molar-refractivity contribution in [3.05, 3.63) is 52.0 Å². The van der Waals surface area contributed by atoms with Crippen molar-refractivity contribution in [1.82, 2.24) is 9.97 Å². The molecule has 19 heavy (non-hydrogen) atoms. The number of hydrogen-bond donors (Lipinski definition) is 2. The Morgan fingerprint density at radius 2 is 1.84 bits per heavy atom. The third-order valence-electron chi connectivity index (χ3n) is 2.55. The van der Waals surface area contributed by atoms with Crippen molar-refractivity contribution in [3.8, 4) is 0 Å². The van der Waals surface area contributed by atoms with E-state index in [9.17, 15) is 0 Å². The lowest BCUT2D eigenvalue weighted by Gasteiger charge is -2.01. The van der Waals surface area contributed by atoms with Crippen molar-refractivity contribution >= 4 is 62.6 Å². The normalized spacial score (nSPS) is 10.2. The molecule has 3 rings (SSSR count). The lowest BCUT2D eigenvalue weighted by molar-refractivity contribution is 1.31. The number of fused-ring (bicyclic) bond motifs is 1. The van der Waals surface area contributed by atoms with E-state index >= 15 is 0 Å². The van der Waals surface area contributed by atoms with E-state index in [0.29, 0.717) is 11.0 Å². The average molecular weight is 359 g/mol. The molecule has 98 valence electrons. The van der Waals surface area contributed by atoms with Gasteiger partial charge in [-0.25, -0.2) is 4.98 Å². The number of aromatic nitrogens is 2. The van der Waals surface area contributed by atoms with Gasteiger partial charge in [0.15, 0.2) is 0 Å². The van der Waals surface area contributed by atoms with Crippen molar-refractivity contribution in [1.29, 1.82) is 0 Å². The molecule has 0 fully saturated rings. The van der Waals surface area contributed by atoms with E-state index < -0.39 is 0 Å². The van der Waals surface area contributed by atoms with Gasteiger partial charge in [-0.3, -0.25) is 0 Å². The van der Waals surface area contributed by atoms with E-state index in [1.807, 2.05) is 42.5 Å². The van der Waals surface area contributed by atoms with E-state index in [1.54, 1.807) is 0 Å². The van der Waals surface area contributed by atoms with Crippen LogP contribution in [0, 0.1) is 0 Å². The molecule has 0 aliphatic carbocycles. The summed E-state index contributed by atoms with van der Waals surface area (Å²) in [6.45, 7) is 0. The fourth-order valence-electron chi connectivity index (χ4n) is 1.71. The summed E-state index contributed by atoms with van der Waals surface area (Å²) in [6, 6.07) is 13.5. The summed E-state index contributed by atoms with van der Waals surface area (Å²) in [5, 5.41) is 3.91. The van der Waals surface area contributed by atoms with E-state index in [4.69, 9.17) is 11.6 Å². The van der Waals surface area contributed by atoms with Crippen molar-refractivity contribution in [2.24, 2.45) is 0 Å². The summed E-state index contributed by atoms with van der Waals surface area (Å²) in [6.07, 6.45) is 0. The number of aromatic amines is 1. The second-order valence-corrected chi connectivity index (χ2v) is 5.23. The van der Waals surface area contributed by atoms with Crippen LogP contribution < -0.4 is 5.32 Å². The Morgan fingerprint density at radius 1 is 1.11 bits per heavy atom. The van der Waals surface area contributed by atoms with Crippen LogP contribution in [0.15, 0.2) is 46.9 Å². The molecule has 0 amide bonds. The first-order valence-electron chi connectivity index (χ1n) is 5.38. The highest BCUT2D eigenvalue weighted by atomic mass is 79.9. The van der Waals surface area contributed by atoms with Crippen molar-refractivity contribution < 1.29 is 0 Å². The molecule has 2 aromatic carbocycles. The maximum atomic E-state index is 5.93. The molecule has 0 aliphatic rings. The van der Waals surface area contributed by atoms with Gasteiger partial charge in [-0.05, 0) is 42.5 Å². The largest absolute Gasteiger partial charge is 0.326 e. The average Bonchev–Trinajstić information content (AvgIpc) is 2.73. The second-order valence-electron chi connectivity index (χ2n) is 3.88. The van der Waals surface area contributed by atoms with E-state index in [2.05, 4.69) is 31.2 Å². The molecule has 3 nitrogen and oxygen atoms in total. The van der Waals surface area contributed by atoms with Crippen LogP contribution in [0.2, 0.25) is 5.02 Å². The van der Waals surface area contributed by atoms with Gasteiger partial charge in [0.1, 0.15) is 0 Å². The fourth-order valence-corrected chi connectivity index (χ4v) is 2.15. The summed E-state index contributed by atoms with van der Waals surface area (Å²) in [5.41, 5.74) is 2.78. The molecule has 0 atom stereocenters. The minimum Gasteiger partial charge on any atom is -0.326 e.